The number of amides is 1. The zero-order chi connectivity index (χ0) is 19.6. The second kappa shape index (κ2) is 7.86. The Bertz CT molecular complexity index is 935. The molecule has 1 spiro atoms. The molecule has 2 aromatic carbocycles. The van der Waals surface area contributed by atoms with Crippen LogP contribution in [0.2, 0.25) is 0 Å². The van der Waals surface area contributed by atoms with Gasteiger partial charge in [-0.15, -0.1) is 0 Å². The Morgan fingerprint density at radius 3 is 2.50 bits per heavy atom. The molecule has 1 saturated heterocycles. The number of benzene rings is 2. The molecule has 1 aliphatic heterocycles. The largest absolute Gasteiger partial charge is 0.347 e. The van der Waals surface area contributed by atoms with Crippen molar-refractivity contribution in [1.29, 1.82) is 0 Å². The van der Waals surface area contributed by atoms with E-state index in [0.29, 0.717) is 13.0 Å². The molecule has 2 aromatic rings. The Labute approximate surface area is 172 Å². The summed E-state index contributed by atoms with van der Waals surface area (Å²) in [6, 6.07) is 17.6. The second-order valence-corrected chi connectivity index (χ2v) is 7.92. The molecule has 142 valence electrons. The molecule has 4 rings (SSSR count). The molecule has 0 saturated carbocycles. The monoisotopic (exact) mass is 437 g/mol. The van der Waals surface area contributed by atoms with Crippen LogP contribution in [0.25, 0.3) is 0 Å². The van der Waals surface area contributed by atoms with Gasteiger partial charge in [0.1, 0.15) is 0 Å². The Hall–Kier alpha value is -2.50. The van der Waals surface area contributed by atoms with Crippen molar-refractivity contribution in [1.82, 2.24) is 0 Å². The molecule has 1 fully saturated rings. The Morgan fingerprint density at radius 1 is 1.04 bits per heavy atom. The summed E-state index contributed by atoms with van der Waals surface area (Å²) in [6.07, 6.45) is 7.76. The molecule has 28 heavy (non-hydrogen) atoms. The zero-order valence-corrected chi connectivity index (χ0v) is 16.8. The summed E-state index contributed by atoms with van der Waals surface area (Å²) in [5.74, 6) is -0.341. The summed E-state index contributed by atoms with van der Waals surface area (Å²) >= 11 is 3.49. The number of carbonyl (C=O) groups is 2. The van der Waals surface area contributed by atoms with Gasteiger partial charge in [-0.05, 0) is 67.0 Å². The molecule has 1 unspecified atom stereocenters. The average molecular weight is 438 g/mol. The number of anilines is 1. The van der Waals surface area contributed by atoms with E-state index in [9.17, 15) is 9.59 Å². The van der Waals surface area contributed by atoms with Crippen molar-refractivity contribution in [2.24, 2.45) is 5.92 Å². The summed E-state index contributed by atoms with van der Waals surface area (Å²) < 4.78 is 7.22. The van der Waals surface area contributed by atoms with Gasteiger partial charge in [0, 0.05) is 10.2 Å². The fraction of sp³-hybridized carbons (Fsp3) is 0.217. The lowest BCUT2D eigenvalue weighted by atomic mass is 9.93. The summed E-state index contributed by atoms with van der Waals surface area (Å²) in [6.45, 7) is 0.318. The number of ether oxygens (including phenoxy) is 1. The van der Waals surface area contributed by atoms with E-state index >= 15 is 0 Å². The molecule has 4 nitrogen and oxygen atoms in total. The van der Waals surface area contributed by atoms with Gasteiger partial charge in [-0.25, -0.2) is 0 Å². The highest BCUT2D eigenvalue weighted by Crippen LogP contribution is 2.36. The SMILES string of the molecule is O=C1C=CC2(C=C1)OCC(CCc1cccc(Br)c1)C(=O)N2c1ccccc1. The van der Waals surface area contributed by atoms with Crippen molar-refractivity contribution >= 4 is 33.3 Å². The van der Waals surface area contributed by atoms with Crippen molar-refractivity contribution in [3.63, 3.8) is 0 Å². The maximum atomic E-state index is 13.5. The maximum Gasteiger partial charge on any atom is 0.235 e. The molecule has 2 aliphatic rings. The van der Waals surface area contributed by atoms with Crippen LogP contribution in [0.1, 0.15) is 12.0 Å². The van der Waals surface area contributed by atoms with Gasteiger partial charge >= 0.3 is 0 Å². The van der Waals surface area contributed by atoms with E-state index < -0.39 is 5.72 Å². The third-order valence-electron chi connectivity index (χ3n) is 5.09. The molecule has 1 aliphatic carbocycles. The molecular formula is C23H20BrNO3. The Morgan fingerprint density at radius 2 is 1.79 bits per heavy atom. The standard InChI is InChI=1S/C23H20BrNO3/c24-19-6-4-5-17(15-19)9-10-18-16-28-23(13-11-21(26)12-14-23)25(22(18)27)20-7-2-1-3-8-20/h1-8,11-15,18H,9-10,16H2. The van der Waals surface area contributed by atoms with Crippen molar-refractivity contribution in [3.05, 3.63) is 88.9 Å². The first-order chi connectivity index (χ1) is 13.6. The molecule has 1 atom stereocenters. The van der Waals surface area contributed by atoms with Crippen LogP contribution in [-0.4, -0.2) is 24.0 Å². The number of para-hydroxylation sites is 1. The van der Waals surface area contributed by atoms with E-state index in [4.69, 9.17) is 4.74 Å². The maximum absolute atomic E-state index is 13.5. The minimum Gasteiger partial charge on any atom is -0.347 e. The van der Waals surface area contributed by atoms with Crippen LogP contribution in [-0.2, 0) is 20.7 Å². The highest BCUT2D eigenvalue weighted by Gasteiger charge is 2.46. The number of nitrogens with zero attached hydrogens (tertiary/aromatic N) is 1. The lowest BCUT2D eigenvalue weighted by molar-refractivity contribution is -0.138. The summed E-state index contributed by atoms with van der Waals surface area (Å²) in [5.41, 5.74) is 0.888. The first kappa shape index (κ1) is 18.8. The topological polar surface area (TPSA) is 46.6 Å². The highest BCUT2D eigenvalue weighted by molar-refractivity contribution is 9.10. The molecule has 0 N–H and O–H groups in total. The molecule has 0 bridgehead atoms. The van der Waals surface area contributed by atoms with E-state index in [-0.39, 0.29) is 17.6 Å². The zero-order valence-electron chi connectivity index (χ0n) is 15.3. The normalized spacial score (nSPS) is 20.8. The van der Waals surface area contributed by atoms with Gasteiger partial charge in [0.05, 0.1) is 12.5 Å². The predicted molar refractivity (Wildman–Crippen MR) is 112 cm³/mol. The molecular weight excluding hydrogens is 418 g/mol. The van der Waals surface area contributed by atoms with Crippen LogP contribution in [0.5, 0.6) is 0 Å². The van der Waals surface area contributed by atoms with Gasteiger partial charge in [-0.1, -0.05) is 46.3 Å². The van der Waals surface area contributed by atoms with E-state index in [1.165, 1.54) is 17.7 Å². The number of ketones is 1. The van der Waals surface area contributed by atoms with Crippen LogP contribution in [0.15, 0.2) is 83.4 Å². The van der Waals surface area contributed by atoms with Crippen LogP contribution in [0, 0.1) is 5.92 Å². The first-order valence-electron chi connectivity index (χ1n) is 9.27. The number of carbonyl (C=O) groups excluding carboxylic acids is 2. The van der Waals surface area contributed by atoms with Gasteiger partial charge in [0.15, 0.2) is 11.5 Å². The van der Waals surface area contributed by atoms with E-state index in [0.717, 1.165) is 16.6 Å². The molecule has 1 heterocycles. The van der Waals surface area contributed by atoms with Gasteiger partial charge in [-0.3, -0.25) is 14.5 Å². The van der Waals surface area contributed by atoms with Crippen molar-refractivity contribution in [2.45, 2.75) is 18.6 Å². The van der Waals surface area contributed by atoms with Crippen molar-refractivity contribution in [2.75, 3.05) is 11.5 Å². The van der Waals surface area contributed by atoms with Crippen molar-refractivity contribution in [3.8, 4) is 0 Å². The van der Waals surface area contributed by atoms with Crippen molar-refractivity contribution < 1.29 is 14.3 Å². The van der Waals surface area contributed by atoms with Crippen LogP contribution in [0.3, 0.4) is 0 Å². The molecule has 0 aromatic heterocycles. The quantitative estimate of drug-likeness (QED) is 0.709. The fourth-order valence-corrected chi connectivity index (χ4v) is 4.08. The van der Waals surface area contributed by atoms with Gasteiger partial charge in [-0.2, -0.15) is 0 Å². The highest BCUT2D eigenvalue weighted by atomic mass is 79.9. The predicted octanol–water partition coefficient (Wildman–Crippen LogP) is 4.45. The molecule has 1 amide bonds. The Balaban J connectivity index is 1.60. The second-order valence-electron chi connectivity index (χ2n) is 7.01. The molecule has 5 heteroatoms. The van der Waals surface area contributed by atoms with Crippen LogP contribution < -0.4 is 4.90 Å². The average Bonchev–Trinajstić information content (AvgIpc) is 2.71. The number of halogens is 1. The van der Waals surface area contributed by atoms with Gasteiger partial charge < -0.3 is 4.74 Å². The third kappa shape index (κ3) is 3.73. The fourth-order valence-electron chi connectivity index (χ4n) is 3.63. The lowest BCUT2D eigenvalue weighted by Gasteiger charge is -2.46. The Kier molecular flexibility index (Phi) is 5.29. The van der Waals surface area contributed by atoms with Crippen LogP contribution >= 0.6 is 15.9 Å². The third-order valence-corrected chi connectivity index (χ3v) is 5.59. The van der Waals surface area contributed by atoms with E-state index in [2.05, 4.69) is 28.1 Å². The smallest absolute Gasteiger partial charge is 0.235 e. The van der Waals surface area contributed by atoms with Gasteiger partial charge in [0.25, 0.3) is 0 Å². The number of hydrogen-bond donors (Lipinski definition) is 0. The lowest BCUT2D eigenvalue weighted by Crippen LogP contribution is -2.59. The van der Waals surface area contributed by atoms with E-state index in [1.54, 1.807) is 17.1 Å². The number of allylic oxidation sites excluding steroid dienone is 2. The number of aryl methyl sites for hydroxylation is 1. The van der Waals surface area contributed by atoms with E-state index in [1.807, 2.05) is 42.5 Å². The van der Waals surface area contributed by atoms with Gasteiger partial charge in [0.2, 0.25) is 5.91 Å². The summed E-state index contributed by atoms with van der Waals surface area (Å²) in [7, 11) is 0. The summed E-state index contributed by atoms with van der Waals surface area (Å²) in [4.78, 5) is 26.7. The molecule has 0 radical (unpaired) electrons. The minimum absolute atomic E-state index is 0.0103. The first-order valence-corrected chi connectivity index (χ1v) is 10.1. The summed E-state index contributed by atoms with van der Waals surface area (Å²) in [5, 5.41) is 0. The van der Waals surface area contributed by atoms with Crippen LogP contribution in [0.4, 0.5) is 5.69 Å². The number of hydrogen-bond acceptors (Lipinski definition) is 3. The minimum atomic E-state index is -1.04. The number of rotatable bonds is 4.